The van der Waals surface area contributed by atoms with Crippen molar-refractivity contribution in [2.45, 2.75) is 4.90 Å². The van der Waals surface area contributed by atoms with Gasteiger partial charge in [-0.2, -0.15) is 0 Å². The number of H-pyrrole nitrogens is 1. The third-order valence-corrected chi connectivity index (χ3v) is 5.69. The fourth-order valence-corrected chi connectivity index (χ4v) is 4.02. The number of nitrogens with one attached hydrogen (secondary N) is 2. The molecular weight excluding hydrogens is 421 g/mol. The van der Waals surface area contributed by atoms with Crippen molar-refractivity contribution in [2.24, 2.45) is 0 Å². The molecule has 0 aliphatic carbocycles. The van der Waals surface area contributed by atoms with Crippen LogP contribution in [-0.2, 0) is 10.0 Å². The Morgan fingerprint density at radius 2 is 1.80 bits per heavy atom. The molecular formula is C19H11F3N4O3S. The summed E-state index contributed by atoms with van der Waals surface area (Å²) in [5.41, 5.74) is -1.50. The number of sulfonamides is 1. The van der Waals surface area contributed by atoms with E-state index >= 15 is 0 Å². The van der Waals surface area contributed by atoms with Crippen LogP contribution in [0.4, 0.5) is 18.9 Å². The summed E-state index contributed by atoms with van der Waals surface area (Å²) >= 11 is 0. The van der Waals surface area contributed by atoms with Gasteiger partial charge in [-0.15, -0.1) is 0 Å². The van der Waals surface area contributed by atoms with E-state index in [9.17, 15) is 26.4 Å². The van der Waals surface area contributed by atoms with Crippen LogP contribution in [0.5, 0.6) is 0 Å². The summed E-state index contributed by atoms with van der Waals surface area (Å²) in [5, 5.41) is 0.235. The predicted molar refractivity (Wildman–Crippen MR) is 101 cm³/mol. The summed E-state index contributed by atoms with van der Waals surface area (Å²) < 4.78 is 69.9. The van der Waals surface area contributed by atoms with Crippen molar-refractivity contribution in [1.29, 1.82) is 0 Å². The molecule has 0 aliphatic rings. The molecule has 0 aliphatic heterocycles. The molecule has 2 heterocycles. The average Bonchev–Trinajstić information content (AvgIpc) is 3.14. The van der Waals surface area contributed by atoms with Gasteiger partial charge in [-0.3, -0.25) is 9.52 Å². The summed E-state index contributed by atoms with van der Waals surface area (Å²) in [6, 6.07) is 6.01. The molecule has 0 unspecified atom stereocenters. The van der Waals surface area contributed by atoms with Crippen molar-refractivity contribution in [1.82, 2.24) is 15.0 Å². The number of halogens is 3. The number of hydrogen-bond acceptors (Lipinski definition) is 5. The van der Waals surface area contributed by atoms with Crippen LogP contribution in [0.1, 0.15) is 15.9 Å². The number of hydrogen-bond donors (Lipinski definition) is 2. The third kappa shape index (κ3) is 3.28. The summed E-state index contributed by atoms with van der Waals surface area (Å²) in [4.78, 5) is 22.4. The highest BCUT2D eigenvalue weighted by molar-refractivity contribution is 7.92. The lowest BCUT2D eigenvalue weighted by atomic mass is 10.0. The van der Waals surface area contributed by atoms with Gasteiger partial charge in [-0.25, -0.2) is 31.6 Å². The Balaban J connectivity index is 1.78. The van der Waals surface area contributed by atoms with Crippen LogP contribution in [0.2, 0.25) is 0 Å². The van der Waals surface area contributed by atoms with Crippen LogP contribution in [0.3, 0.4) is 0 Å². The lowest BCUT2D eigenvalue weighted by Gasteiger charge is -2.12. The van der Waals surface area contributed by atoms with E-state index in [4.69, 9.17) is 0 Å². The molecule has 0 saturated carbocycles. The Kier molecular flexibility index (Phi) is 4.74. The Bertz CT molecular complexity index is 1400. The van der Waals surface area contributed by atoms with Gasteiger partial charge in [0.15, 0.2) is 5.82 Å². The predicted octanol–water partition coefficient (Wildman–Crippen LogP) is 3.41. The number of anilines is 1. The van der Waals surface area contributed by atoms with Crippen LogP contribution in [0, 0.1) is 17.5 Å². The fraction of sp³-hybridized carbons (Fsp3) is 0. The number of aromatic nitrogens is 3. The smallest absolute Gasteiger partial charge is 0.264 e. The number of fused-ring (bicyclic) bond motifs is 1. The van der Waals surface area contributed by atoms with E-state index in [0.717, 1.165) is 24.3 Å². The number of aromatic amines is 1. The molecule has 0 fully saturated rings. The molecule has 0 spiro atoms. The van der Waals surface area contributed by atoms with Gasteiger partial charge in [0.1, 0.15) is 28.5 Å². The van der Waals surface area contributed by atoms with Crippen molar-refractivity contribution in [2.75, 3.05) is 4.72 Å². The second-order valence-electron chi connectivity index (χ2n) is 6.14. The first-order valence-electron chi connectivity index (χ1n) is 8.36. The average molecular weight is 432 g/mol. The van der Waals surface area contributed by atoms with Crippen LogP contribution in [-0.4, -0.2) is 29.2 Å². The Morgan fingerprint density at radius 1 is 1.03 bits per heavy atom. The zero-order valence-corrected chi connectivity index (χ0v) is 15.7. The Morgan fingerprint density at radius 3 is 2.57 bits per heavy atom. The Hall–Kier alpha value is -3.73. The summed E-state index contributed by atoms with van der Waals surface area (Å²) in [6.07, 6.45) is 3.75. The van der Waals surface area contributed by atoms with Crippen LogP contribution < -0.4 is 4.72 Å². The van der Waals surface area contributed by atoms with E-state index in [1.165, 1.54) is 30.9 Å². The highest BCUT2D eigenvalue weighted by Gasteiger charge is 2.27. The first kappa shape index (κ1) is 19.6. The van der Waals surface area contributed by atoms with Gasteiger partial charge in [-0.05, 0) is 24.3 Å². The second-order valence-corrected chi connectivity index (χ2v) is 7.79. The molecule has 0 amide bonds. The van der Waals surface area contributed by atoms with Gasteiger partial charge in [0, 0.05) is 17.8 Å². The molecule has 30 heavy (non-hydrogen) atoms. The molecule has 0 radical (unpaired) electrons. The molecule has 7 nitrogen and oxygen atoms in total. The summed E-state index contributed by atoms with van der Waals surface area (Å²) in [5.74, 6) is -4.73. The van der Waals surface area contributed by atoms with Gasteiger partial charge in [-0.1, -0.05) is 12.1 Å². The minimum atomic E-state index is -4.54. The molecule has 0 atom stereocenters. The van der Waals surface area contributed by atoms with Crippen LogP contribution in [0.25, 0.3) is 11.0 Å². The quantitative estimate of drug-likeness (QED) is 0.471. The highest BCUT2D eigenvalue weighted by Crippen LogP contribution is 2.28. The van der Waals surface area contributed by atoms with Gasteiger partial charge >= 0.3 is 0 Å². The first-order chi connectivity index (χ1) is 14.3. The molecule has 4 rings (SSSR count). The molecule has 152 valence electrons. The summed E-state index contributed by atoms with van der Waals surface area (Å²) in [7, 11) is -4.54. The minimum absolute atomic E-state index is 0.0995. The summed E-state index contributed by atoms with van der Waals surface area (Å²) in [6.45, 7) is 0. The zero-order valence-electron chi connectivity index (χ0n) is 14.9. The molecule has 11 heteroatoms. The van der Waals surface area contributed by atoms with E-state index in [0.29, 0.717) is 0 Å². The van der Waals surface area contributed by atoms with Crippen LogP contribution in [0.15, 0.2) is 60.0 Å². The fourth-order valence-electron chi connectivity index (χ4n) is 2.88. The van der Waals surface area contributed by atoms with Crippen molar-refractivity contribution >= 4 is 32.5 Å². The number of nitrogens with zero attached hydrogens (tertiary/aromatic N) is 2. The van der Waals surface area contributed by atoms with E-state index in [-0.39, 0.29) is 16.6 Å². The second kappa shape index (κ2) is 7.26. The normalized spacial score (nSPS) is 11.6. The maximum absolute atomic E-state index is 15.0. The molecule has 0 saturated heterocycles. The number of carbonyl (C=O) groups excluding carboxylic acids is 1. The van der Waals surface area contributed by atoms with E-state index in [1.807, 2.05) is 4.72 Å². The number of benzene rings is 2. The molecule has 2 aromatic heterocycles. The van der Waals surface area contributed by atoms with Crippen LogP contribution >= 0.6 is 0 Å². The number of ketones is 1. The lowest BCUT2D eigenvalue weighted by Crippen LogP contribution is -2.17. The largest absolute Gasteiger partial charge is 0.345 e. The van der Waals surface area contributed by atoms with E-state index in [1.54, 1.807) is 0 Å². The Labute approximate surface area is 167 Å². The number of carbonyl (C=O) groups is 1. The first-order valence-corrected chi connectivity index (χ1v) is 9.85. The maximum atomic E-state index is 15.0. The topological polar surface area (TPSA) is 105 Å². The minimum Gasteiger partial charge on any atom is -0.345 e. The van der Waals surface area contributed by atoms with Gasteiger partial charge in [0.2, 0.25) is 5.78 Å². The van der Waals surface area contributed by atoms with Gasteiger partial charge in [0.05, 0.1) is 16.8 Å². The van der Waals surface area contributed by atoms with E-state index in [2.05, 4.69) is 15.0 Å². The molecule has 2 aromatic carbocycles. The SMILES string of the molecule is O=C(c1c(F)ccc(NS(=O)(=O)c2ccccc2F)c1F)c1c[nH]c2ncncc12. The van der Waals surface area contributed by atoms with Crippen molar-refractivity contribution in [3.8, 4) is 0 Å². The molecule has 2 N–H and O–H groups in total. The molecule has 4 aromatic rings. The van der Waals surface area contributed by atoms with E-state index < -0.39 is 49.4 Å². The highest BCUT2D eigenvalue weighted by atomic mass is 32.2. The monoisotopic (exact) mass is 432 g/mol. The maximum Gasteiger partial charge on any atom is 0.264 e. The van der Waals surface area contributed by atoms with Gasteiger partial charge in [0.25, 0.3) is 10.0 Å². The van der Waals surface area contributed by atoms with Crippen molar-refractivity contribution in [3.05, 3.63) is 83.7 Å². The van der Waals surface area contributed by atoms with Gasteiger partial charge < -0.3 is 4.98 Å². The van der Waals surface area contributed by atoms with Crippen molar-refractivity contribution in [3.63, 3.8) is 0 Å². The standard InChI is InChI=1S/C19H11F3N4O3S/c20-12-3-1-2-4-15(12)30(28,29)26-14-6-5-13(21)16(17(14)22)18(27)10-8-24-19-11(10)7-23-9-25-19/h1-9,26H,(H,23,24,25). The molecule has 0 bridgehead atoms. The van der Waals surface area contributed by atoms with Crippen molar-refractivity contribution < 1.29 is 26.4 Å². The number of rotatable bonds is 5. The zero-order chi connectivity index (χ0) is 21.5. The lowest BCUT2D eigenvalue weighted by molar-refractivity contribution is 0.103. The third-order valence-electron chi connectivity index (χ3n) is 4.29.